The van der Waals surface area contributed by atoms with Crippen molar-refractivity contribution in [3.8, 4) is 0 Å². The largest absolute Gasteiger partial charge is 0.477 e. The van der Waals surface area contributed by atoms with Gasteiger partial charge in [-0.25, -0.2) is 9.78 Å². The molecule has 1 saturated carbocycles. The van der Waals surface area contributed by atoms with Crippen LogP contribution < -0.4 is 0 Å². The van der Waals surface area contributed by atoms with Crippen molar-refractivity contribution >= 4 is 5.97 Å². The molecule has 3 rings (SSSR count). The number of nitrogens with zero attached hydrogens (tertiary/aromatic N) is 2. The molecule has 0 bridgehead atoms. The van der Waals surface area contributed by atoms with Crippen LogP contribution in [0.3, 0.4) is 0 Å². The molecular formula is C13H18N2O2. The summed E-state index contributed by atoms with van der Waals surface area (Å²) in [5.74, 6) is 0.585. The fourth-order valence-electron chi connectivity index (χ4n) is 3.21. The lowest BCUT2D eigenvalue weighted by Gasteiger charge is -2.14. The summed E-state index contributed by atoms with van der Waals surface area (Å²) in [5.41, 5.74) is 1.35. The van der Waals surface area contributed by atoms with Gasteiger partial charge in [-0.2, -0.15) is 0 Å². The van der Waals surface area contributed by atoms with Gasteiger partial charge in [0, 0.05) is 18.9 Å². The van der Waals surface area contributed by atoms with Crippen LogP contribution in [-0.4, -0.2) is 20.6 Å². The molecule has 1 aromatic heterocycles. The van der Waals surface area contributed by atoms with Crippen LogP contribution in [0.4, 0.5) is 0 Å². The number of aromatic nitrogens is 2. The van der Waals surface area contributed by atoms with Crippen LogP contribution in [-0.2, 0) is 13.0 Å². The van der Waals surface area contributed by atoms with Crippen molar-refractivity contribution in [2.75, 3.05) is 0 Å². The van der Waals surface area contributed by atoms with Gasteiger partial charge in [-0.3, -0.25) is 0 Å². The number of carbonyl (C=O) groups is 1. The van der Waals surface area contributed by atoms with Crippen LogP contribution in [0.5, 0.6) is 0 Å². The van der Waals surface area contributed by atoms with Crippen molar-refractivity contribution < 1.29 is 9.90 Å². The summed E-state index contributed by atoms with van der Waals surface area (Å²) in [4.78, 5) is 16.1. The first-order valence-corrected chi connectivity index (χ1v) is 6.60. The van der Waals surface area contributed by atoms with E-state index >= 15 is 0 Å². The third-order valence-electron chi connectivity index (χ3n) is 4.05. The number of imidazole rings is 1. The van der Waals surface area contributed by atoms with Crippen molar-refractivity contribution in [2.24, 2.45) is 0 Å². The Morgan fingerprint density at radius 3 is 2.71 bits per heavy atom. The second-order valence-electron chi connectivity index (χ2n) is 5.16. The molecule has 0 aromatic carbocycles. The Bertz CT molecular complexity index is 445. The fraction of sp³-hybridized carbons (Fsp3) is 0.692. The minimum atomic E-state index is -0.799. The molecule has 0 radical (unpaired) electrons. The Hall–Kier alpha value is -1.32. The number of fused-ring (bicyclic) bond motifs is 1. The van der Waals surface area contributed by atoms with Gasteiger partial charge in [-0.15, -0.1) is 0 Å². The maximum absolute atomic E-state index is 11.5. The van der Waals surface area contributed by atoms with Crippen LogP contribution in [0, 0.1) is 0 Å². The summed E-state index contributed by atoms with van der Waals surface area (Å²) in [6.07, 6.45) is 7.80. The quantitative estimate of drug-likeness (QED) is 0.855. The highest BCUT2D eigenvalue weighted by atomic mass is 16.4. The minimum absolute atomic E-state index is 0.388. The zero-order chi connectivity index (χ0) is 11.8. The Morgan fingerprint density at radius 2 is 2.00 bits per heavy atom. The van der Waals surface area contributed by atoms with Crippen molar-refractivity contribution in [1.82, 2.24) is 9.55 Å². The van der Waals surface area contributed by atoms with Gasteiger partial charge in [-0.1, -0.05) is 12.8 Å². The van der Waals surface area contributed by atoms with Crippen LogP contribution in [0.1, 0.15) is 66.4 Å². The Balaban J connectivity index is 2.06. The summed E-state index contributed by atoms with van der Waals surface area (Å²) in [5, 5.41) is 9.41. The lowest BCUT2D eigenvalue weighted by molar-refractivity contribution is 0.0682. The highest BCUT2D eigenvalue weighted by Crippen LogP contribution is 2.36. The van der Waals surface area contributed by atoms with E-state index in [0.29, 0.717) is 11.6 Å². The summed E-state index contributed by atoms with van der Waals surface area (Å²) in [6.45, 7) is 0.830. The normalized spacial score (nSPS) is 20.5. The molecule has 1 aliphatic carbocycles. The Morgan fingerprint density at radius 1 is 1.24 bits per heavy atom. The van der Waals surface area contributed by atoms with E-state index in [9.17, 15) is 9.90 Å². The molecule has 4 heteroatoms. The van der Waals surface area contributed by atoms with E-state index in [1.807, 2.05) is 4.57 Å². The van der Waals surface area contributed by atoms with E-state index in [1.165, 1.54) is 12.8 Å². The third kappa shape index (κ3) is 1.75. The van der Waals surface area contributed by atoms with Crippen LogP contribution in [0.15, 0.2) is 0 Å². The standard InChI is InChI=1S/C13H18N2O2/c16-13(17)12-11(9-5-1-2-6-9)14-10-7-3-4-8-15(10)12/h9H,1-8H2,(H,16,17). The van der Waals surface area contributed by atoms with Crippen molar-refractivity contribution in [1.29, 1.82) is 0 Å². The summed E-state index contributed by atoms with van der Waals surface area (Å²) in [7, 11) is 0. The number of aromatic carboxylic acids is 1. The zero-order valence-corrected chi connectivity index (χ0v) is 9.98. The van der Waals surface area contributed by atoms with Gasteiger partial charge >= 0.3 is 5.97 Å². The monoisotopic (exact) mass is 234 g/mol. The number of hydrogen-bond donors (Lipinski definition) is 1. The zero-order valence-electron chi connectivity index (χ0n) is 9.98. The molecule has 2 heterocycles. The fourth-order valence-corrected chi connectivity index (χ4v) is 3.21. The minimum Gasteiger partial charge on any atom is -0.477 e. The van der Waals surface area contributed by atoms with E-state index in [-0.39, 0.29) is 0 Å². The van der Waals surface area contributed by atoms with Gasteiger partial charge in [0.15, 0.2) is 5.69 Å². The van der Waals surface area contributed by atoms with Crippen molar-refractivity contribution in [3.05, 3.63) is 17.2 Å². The first kappa shape index (κ1) is 10.8. The van der Waals surface area contributed by atoms with Gasteiger partial charge in [0.05, 0.1) is 5.69 Å². The molecule has 1 N–H and O–H groups in total. The molecule has 0 atom stereocenters. The first-order valence-electron chi connectivity index (χ1n) is 6.60. The molecule has 0 amide bonds. The maximum Gasteiger partial charge on any atom is 0.354 e. The van der Waals surface area contributed by atoms with E-state index in [0.717, 1.165) is 50.2 Å². The maximum atomic E-state index is 11.5. The molecule has 1 fully saturated rings. The number of hydrogen-bond acceptors (Lipinski definition) is 2. The molecule has 92 valence electrons. The molecular weight excluding hydrogens is 216 g/mol. The topological polar surface area (TPSA) is 55.1 Å². The van der Waals surface area contributed by atoms with Gasteiger partial charge in [0.1, 0.15) is 5.82 Å². The van der Waals surface area contributed by atoms with Gasteiger partial charge < -0.3 is 9.67 Å². The summed E-state index contributed by atoms with van der Waals surface area (Å²) >= 11 is 0. The number of carboxylic acid groups (broad SMARTS) is 1. The highest BCUT2D eigenvalue weighted by Gasteiger charge is 2.30. The van der Waals surface area contributed by atoms with Gasteiger partial charge in [0.2, 0.25) is 0 Å². The molecule has 0 saturated heterocycles. The lowest BCUT2D eigenvalue weighted by Crippen LogP contribution is -2.16. The molecule has 0 spiro atoms. The number of rotatable bonds is 2. The average Bonchev–Trinajstić information content (AvgIpc) is 2.95. The molecule has 17 heavy (non-hydrogen) atoms. The smallest absolute Gasteiger partial charge is 0.354 e. The Labute approximate surface area is 101 Å². The van der Waals surface area contributed by atoms with Crippen molar-refractivity contribution in [2.45, 2.75) is 57.4 Å². The molecule has 4 nitrogen and oxygen atoms in total. The van der Waals surface area contributed by atoms with Crippen molar-refractivity contribution in [3.63, 3.8) is 0 Å². The van der Waals surface area contributed by atoms with E-state index < -0.39 is 5.97 Å². The molecule has 1 aromatic rings. The molecule has 1 aliphatic heterocycles. The first-order chi connectivity index (χ1) is 8.27. The van der Waals surface area contributed by atoms with E-state index in [1.54, 1.807) is 0 Å². The summed E-state index contributed by atoms with van der Waals surface area (Å²) in [6, 6.07) is 0. The highest BCUT2D eigenvalue weighted by molar-refractivity contribution is 5.87. The van der Waals surface area contributed by atoms with Gasteiger partial charge in [0.25, 0.3) is 0 Å². The second-order valence-corrected chi connectivity index (χ2v) is 5.16. The second kappa shape index (κ2) is 4.17. The van der Waals surface area contributed by atoms with E-state index in [2.05, 4.69) is 4.98 Å². The lowest BCUT2D eigenvalue weighted by atomic mass is 10.0. The summed E-state index contributed by atoms with van der Waals surface area (Å²) < 4.78 is 1.94. The number of aryl methyl sites for hydroxylation is 1. The van der Waals surface area contributed by atoms with E-state index in [4.69, 9.17) is 0 Å². The SMILES string of the molecule is O=C(O)c1c(C2CCCC2)nc2n1CCCC2. The molecule has 0 unspecified atom stereocenters. The van der Waals surface area contributed by atoms with Crippen LogP contribution >= 0.6 is 0 Å². The van der Waals surface area contributed by atoms with Crippen LogP contribution in [0.2, 0.25) is 0 Å². The number of carboxylic acids is 1. The van der Waals surface area contributed by atoms with Crippen LogP contribution in [0.25, 0.3) is 0 Å². The van der Waals surface area contributed by atoms with Gasteiger partial charge in [-0.05, 0) is 25.7 Å². The average molecular weight is 234 g/mol. The predicted molar refractivity (Wildman–Crippen MR) is 63.3 cm³/mol. The molecule has 2 aliphatic rings. The Kier molecular flexibility index (Phi) is 2.65. The third-order valence-corrected chi connectivity index (χ3v) is 4.05. The predicted octanol–water partition coefficient (Wildman–Crippen LogP) is 2.58.